The van der Waals surface area contributed by atoms with Crippen LogP contribution in [-0.2, 0) is 25.7 Å². The van der Waals surface area contributed by atoms with E-state index in [4.69, 9.17) is 23.7 Å². The third-order valence-electron chi connectivity index (χ3n) is 11.5. The Balaban J connectivity index is 1.23. The van der Waals surface area contributed by atoms with E-state index in [1.54, 1.807) is 14.2 Å². The molecule has 4 aromatic rings. The van der Waals surface area contributed by atoms with Crippen LogP contribution in [0, 0.1) is 0 Å². The van der Waals surface area contributed by atoms with E-state index < -0.39 is 0 Å². The van der Waals surface area contributed by atoms with Gasteiger partial charge in [-0.1, -0.05) is 32.0 Å². The lowest BCUT2D eigenvalue weighted by Gasteiger charge is -2.39. The zero-order valence-corrected chi connectivity index (χ0v) is 31.5. The molecule has 2 amide bonds. The Labute approximate surface area is 312 Å². The van der Waals surface area contributed by atoms with Crippen molar-refractivity contribution in [2.75, 3.05) is 60.5 Å². The molecule has 10 heteroatoms. The Morgan fingerprint density at radius 2 is 1.51 bits per heavy atom. The number of benzene rings is 4. The van der Waals surface area contributed by atoms with Gasteiger partial charge in [0, 0.05) is 31.2 Å². The maximum atomic E-state index is 14.0. The van der Waals surface area contributed by atoms with Crippen molar-refractivity contribution in [2.24, 2.45) is 0 Å². The van der Waals surface area contributed by atoms with Crippen LogP contribution in [0.5, 0.6) is 46.0 Å². The van der Waals surface area contributed by atoms with Crippen molar-refractivity contribution in [2.45, 2.75) is 58.0 Å². The Kier molecular flexibility index (Phi) is 9.83. The lowest BCUT2D eigenvalue weighted by Crippen LogP contribution is -2.46. The van der Waals surface area contributed by atoms with Crippen molar-refractivity contribution in [1.82, 2.24) is 20.0 Å². The number of amides is 2. The van der Waals surface area contributed by atoms with Gasteiger partial charge in [-0.25, -0.2) is 4.79 Å². The molecule has 1 N–H and O–H groups in total. The molecule has 0 aliphatic carbocycles. The second-order valence-electron chi connectivity index (χ2n) is 14.5. The van der Waals surface area contributed by atoms with Crippen LogP contribution in [0.3, 0.4) is 0 Å². The first-order valence-corrected chi connectivity index (χ1v) is 19.0. The van der Waals surface area contributed by atoms with Crippen LogP contribution in [0.2, 0.25) is 0 Å². The molecule has 2 atom stereocenters. The van der Waals surface area contributed by atoms with E-state index in [0.717, 1.165) is 73.4 Å². The molecule has 7 bridgehead atoms. The number of nitrogens with one attached hydrogen (secondary N) is 1. The minimum atomic E-state index is -0.255. The molecule has 5 heterocycles. The van der Waals surface area contributed by atoms with E-state index in [0.29, 0.717) is 66.2 Å². The molecule has 0 fully saturated rings. The fourth-order valence-corrected chi connectivity index (χ4v) is 8.42. The highest BCUT2D eigenvalue weighted by atomic mass is 16.6. The van der Waals surface area contributed by atoms with Gasteiger partial charge in [-0.2, -0.15) is 0 Å². The Bertz CT molecular complexity index is 1990. The zero-order valence-electron chi connectivity index (χ0n) is 31.5. The van der Waals surface area contributed by atoms with E-state index in [9.17, 15) is 4.79 Å². The summed E-state index contributed by atoms with van der Waals surface area (Å²) < 4.78 is 31.9. The molecule has 278 valence electrons. The summed E-state index contributed by atoms with van der Waals surface area (Å²) in [5, 5.41) is 3.24. The minimum Gasteiger partial charge on any atom is -0.493 e. The molecule has 5 aliphatic heterocycles. The summed E-state index contributed by atoms with van der Waals surface area (Å²) in [7, 11) is 5.52. The van der Waals surface area contributed by atoms with Gasteiger partial charge in [0.25, 0.3) is 0 Å². The maximum Gasteiger partial charge on any atom is 0.317 e. The Hall–Kier alpha value is -4.93. The average molecular weight is 719 g/mol. The Morgan fingerprint density at radius 3 is 2.28 bits per heavy atom. The van der Waals surface area contributed by atoms with Crippen LogP contribution >= 0.6 is 0 Å². The van der Waals surface area contributed by atoms with Gasteiger partial charge in [0.15, 0.2) is 34.5 Å². The highest BCUT2D eigenvalue weighted by molar-refractivity contribution is 5.76. The highest BCUT2D eigenvalue weighted by Gasteiger charge is 2.38. The summed E-state index contributed by atoms with van der Waals surface area (Å²) in [6, 6.07) is 20.4. The van der Waals surface area contributed by atoms with Crippen LogP contribution in [0.15, 0.2) is 60.7 Å². The van der Waals surface area contributed by atoms with Gasteiger partial charge in [-0.05, 0) is 129 Å². The average Bonchev–Trinajstić information content (AvgIpc) is 3.17. The van der Waals surface area contributed by atoms with Crippen molar-refractivity contribution in [3.05, 3.63) is 94.0 Å². The van der Waals surface area contributed by atoms with Crippen LogP contribution in [0.4, 0.5) is 4.79 Å². The van der Waals surface area contributed by atoms with Gasteiger partial charge in [0.1, 0.15) is 5.75 Å². The van der Waals surface area contributed by atoms with Crippen molar-refractivity contribution >= 4 is 6.03 Å². The maximum absolute atomic E-state index is 14.0. The number of hydrogen-bond acceptors (Lipinski definition) is 8. The van der Waals surface area contributed by atoms with E-state index in [1.165, 1.54) is 11.1 Å². The number of nitrogens with zero attached hydrogens (tertiary/aromatic N) is 3. The van der Waals surface area contributed by atoms with Gasteiger partial charge >= 0.3 is 6.03 Å². The molecule has 0 unspecified atom stereocenters. The SMILES string of the molecule is CCN(CC)CCCNC(=O)N1CCc2cc3c4cc2[C@@H]1Cc1ccc(OC)c(c1)Oc1ccc(cc1)C[C@H]1c2c(cc(OC)c(c2O4)O3)CCN1C. The van der Waals surface area contributed by atoms with Crippen LogP contribution < -0.4 is 29.0 Å². The third-order valence-corrected chi connectivity index (χ3v) is 11.5. The summed E-state index contributed by atoms with van der Waals surface area (Å²) >= 11 is 0. The molecule has 0 spiro atoms. The number of carbonyl (C=O) groups excluding carboxylic acids is 1. The fraction of sp³-hybridized carbons (Fsp3) is 0.419. The van der Waals surface area contributed by atoms with Crippen LogP contribution in [0.1, 0.15) is 65.7 Å². The van der Waals surface area contributed by atoms with Gasteiger partial charge in [0.2, 0.25) is 5.75 Å². The summed E-state index contributed by atoms with van der Waals surface area (Å²) in [5.74, 6) is 5.32. The highest BCUT2D eigenvalue weighted by Crippen LogP contribution is 2.56. The second kappa shape index (κ2) is 14.8. The molecular weight excluding hydrogens is 668 g/mol. The lowest BCUT2D eigenvalue weighted by molar-refractivity contribution is 0.167. The number of urea groups is 1. The minimum absolute atomic E-state index is 0.0530. The van der Waals surface area contributed by atoms with E-state index in [-0.39, 0.29) is 18.1 Å². The van der Waals surface area contributed by atoms with E-state index >= 15 is 0 Å². The summed E-state index contributed by atoms with van der Waals surface area (Å²) in [4.78, 5) is 20.8. The topological polar surface area (TPSA) is 85.0 Å². The predicted octanol–water partition coefficient (Wildman–Crippen LogP) is 8.06. The first-order chi connectivity index (χ1) is 25.9. The van der Waals surface area contributed by atoms with Crippen LogP contribution in [0.25, 0.3) is 0 Å². The number of likely N-dealkylation sites (N-methyl/N-ethyl adjacent to an activating group) is 1. The first-order valence-electron chi connectivity index (χ1n) is 19.0. The normalized spacial score (nSPS) is 18.4. The number of methoxy groups -OCH3 is 2. The molecule has 0 saturated carbocycles. The van der Waals surface area contributed by atoms with E-state index in [2.05, 4.69) is 72.4 Å². The molecule has 53 heavy (non-hydrogen) atoms. The fourth-order valence-electron chi connectivity index (χ4n) is 8.42. The van der Waals surface area contributed by atoms with Gasteiger partial charge in [0.05, 0.1) is 20.3 Å². The monoisotopic (exact) mass is 718 g/mol. The molecule has 5 aliphatic rings. The first kappa shape index (κ1) is 35.1. The van der Waals surface area contributed by atoms with Gasteiger partial charge < -0.3 is 38.8 Å². The molecule has 0 saturated heterocycles. The number of fused-ring (bicyclic) bond motifs is 2. The number of rotatable bonds is 8. The Morgan fingerprint density at radius 1 is 0.792 bits per heavy atom. The summed E-state index contributed by atoms with van der Waals surface area (Å²) in [5.41, 5.74) is 6.74. The van der Waals surface area contributed by atoms with Crippen molar-refractivity contribution in [3.63, 3.8) is 0 Å². The third kappa shape index (κ3) is 6.74. The molecular formula is C43H50N4O6. The number of carbonyl (C=O) groups is 1. The smallest absolute Gasteiger partial charge is 0.317 e. The van der Waals surface area contributed by atoms with Crippen LogP contribution in [-0.4, -0.2) is 81.3 Å². The standard InChI is InChI=1S/C43H50N4O6/c1-6-46(7-2)18-8-17-44-43(48)47-20-16-29-24-37-38-26-32(29)33(47)22-28-11-14-35(49-4)36(23-28)51-31-12-9-27(10-13-31)21-34-40-30(15-19-45(34)3)25-39(50-5)41(52-37)42(40)53-38/h9-14,23-26,33-34H,6-8,15-22H2,1-5H3,(H,44,48)/t33-,34-/m0/s1. The number of ether oxygens (including phenoxy) is 5. The second-order valence-corrected chi connectivity index (χ2v) is 14.5. The summed E-state index contributed by atoms with van der Waals surface area (Å²) in [6.45, 7) is 9.41. The molecule has 9 rings (SSSR count). The molecule has 0 radical (unpaired) electrons. The zero-order chi connectivity index (χ0) is 36.6. The number of hydrogen-bond donors (Lipinski definition) is 1. The van der Waals surface area contributed by atoms with Crippen molar-refractivity contribution in [1.29, 1.82) is 0 Å². The van der Waals surface area contributed by atoms with Gasteiger partial charge in [-0.3, -0.25) is 4.90 Å². The lowest BCUT2D eigenvalue weighted by atomic mass is 9.86. The molecule has 10 nitrogen and oxygen atoms in total. The molecule has 4 aromatic carbocycles. The molecule has 0 aromatic heterocycles. The largest absolute Gasteiger partial charge is 0.493 e. The van der Waals surface area contributed by atoms with Crippen molar-refractivity contribution < 1.29 is 28.5 Å². The predicted molar refractivity (Wildman–Crippen MR) is 205 cm³/mol. The summed E-state index contributed by atoms with van der Waals surface area (Å²) in [6.07, 6.45) is 3.82. The van der Waals surface area contributed by atoms with Gasteiger partial charge in [-0.15, -0.1) is 0 Å². The van der Waals surface area contributed by atoms with E-state index in [1.807, 2.05) is 29.2 Å². The van der Waals surface area contributed by atoms with Crippen molar-refractivity contribution in [3.8, 4) is 46.0 Å². The quantitative estimate of drug-likeness (QED) is 0.161.